The van der Waals surface area contributed by atoms with E-state index in [1.54, 1.807) is 0 Å². The molecule has 2 fully saturated rings. The van der Waals surface area contributed by atoms with E-state index in [0.717, 1.165) is 26.1 Å². The van der Waals surface area contributed by atoms with E-state index in [2.05, 4.69) is 10.2 Å². The van der Waals surface area contributed by atoms with Crippen molar-refractivity contribution in [2.45, 2.75) is 31.8 Å². The van der Waals surface area contributed by atoms with Gasteiger partial charge >= 0.3 is 0 Å². The van der Waals surface area contributed by atoms with Crippen LogP contribution in [0.3, 0.4) is 0 Å². The Kier molecular flexibility index (Phi) is 3.59. The molecule has 2 saturated heterocycles. The Balaban J connectivity index is 1.93. The van der Waals surface area contributed by atoms with Crippen LogP contribution >= 0.6 is 0 Å². The van der Waals surface area contributed by atoms with Crippen LogP contribution in [0.25, 0.3) is 0 Å². The van der Waals surface area contributed by atoms with Gasteiger partial charge in [-0.3, -0.25) is 9.69 Å². The zero-order chi connectivity index (χ0) is 10.7. The van der Waals surface area contributed by atoms with E-state index in [9.17, 15) is 4.79 Å². The normalized spacial score (nSPS) is 30.3. The molecule has 2 aliphatic rings. The van der Waals surface area contributed by atoms with Crippen LogP contribution in [0.15, 0.2) is 0 Å². The molecule has 0 radical (unpaired) electrons. The van der Waals surface area contributed by atoms with Gasteiger partial charge in [0.15, 0.2) is 0 Å². The van der Waals surface area contributed by atoms with Crippen molar-refractivity contribution >= 4 is 5.91 Å². The average Bonchev–Trinajstić information content (AvgIpc) is 2.43. The molecule has 0 aromatic heterocycles. The molecule has 0 aromatic carbocycles. The third-order valence-electron chi connectivity index (χ3n) is 3.43. The van der Waals surface area contributed by atoms with E-state index in [4.69, 9.17) is 0 Å². The fraction of sp³-hybridized carbons (Fsp3) is 0.909. The van der Waals surface area contributed by atoms with Crippen molar-refractivity contribution in [3.63, 3.8) is 0 Å². The predicted molar refractivity (Wildman–Crippen MR) is 59.5 cm³/mol. The van der Waals surface area contributed by atoms with Gasteiger partial charge in [-0.05, 0) is 32.2 Å². The second-order valence-electron chi connectivity index (χ2n) is 4.61. The maximum atomic E-state index is 11.7. The molecule has 0 bridgehead atoms. The lowest BCUT2D eigenvalue weighted by molar-refractivity contribution is -0.130. The number of nitrogens with one attached hydrogen (secondary N) is 1. The average molecular weight is 211 g/mol. The minimum atomic E-state index is 0.264. The number of piperidine rings is 1. The minimum Gasteiger partial charge on any atom is -0.345 e. The van der Waals surface area contributed by atoms with Gasteiger partial charge in [-0.25, -0.2) is 0 Å². The van der Waals surface area contributed by atoms with Crippen LogP contribution < -0.4 is 5.32 Å². The second-order valence-corrected chi connectivity index (χ2v) is 4.61. The van der Waals surface area contributed by atoms with Gasteiger partial charge in [0.1, 0.15) is 0 Å². The van der Waals surface area contributed by atoms with Gasteiger partial charge in [0, 0.05) is 20.1 Å². The molecule has 1 atom stereocenters. The van der Waals surface area contributed by atoms with Gasteiger partial charge in [-0.1, -0.05) is 0 Å². The number of nitrogens with zero attached hydrogens (tertiary/aromatic N) is 2. The van der Waals surface area contributed by atoms with Crippen LogP contribution in [0, 0.1) is 0 Å². The summed E-state index contributed by atoms with van der Waals surface area (Å²) in [5.74, 6) is 0.264. The lowest BCUT2D eigenvalue weighted by Gasteiger charge is -2.33. The Hall–Kier alpha value is -0.610. The molecule has 0 spiro atoms. The zero-order valence-electron chi connectivity index (χ0n) is 9.54. The van der Waals surface area contributed by atoms with E-state index in [0.29, 0.717) is 12.7 Å². The van der Waals surface area contributed by atoms with Crippen LogP contribution in [0.2, 0.25) is 0 Å². The van der Waals surface area contributed by atoms with E-state index >= 15 is 0 Å². The number of rotatable bonds is 1. The molecule has 4 nitrogen and oxygen atoms in total. The van der Waals surface area contributed by atoms with Crippen molar-refractivity contribution < 1.29 is 4.79 Å². The van der Waals surface area contributed by atoms with Crippen molar-refractivity contribution in [2.75, 3.05) is 33.2 Å². The Morgan fingerprint density at radius 3 is 2.87 bits per heavy atom. The van der Waals surface area contributed by atoms with Crippen molar-refractivity contribution in [2.24, 2.45) is 0 Å². The van der Waals surface area contributed by atoms with Gasteiger partial charge < -0.3 is 10.2 Å². The molecule has 1 N–H and O–H groups in total. The summed E-state index contributed by atoms with van der Waals surface area (Å²) in [5.41, 5.74) is 0. The van der Waals surface area contributed by atoms with Gasteiger partial charge in [-0.15, -0.1) is 0 Å². The van der Waals surface area contributed by atoms with E-state index in [-0.39, 0.29) is 5.91 Å². The maximum Gasteiger partial charge on any atom is 0.236 e. The van der Waals surface area contributed by atoms with Gasteiger partial charge in [0.25, 0.3) is 0 Å². The van der Waals surface area contributed by atoms with Crippen molar-refractivity contribution in [3.8, 4) is 0 Å². The third-order valence-corrected chi connectivity index (χ3v) is 3.43. The lowest BCUT2D eigenvalue weighted by Crippen LogP contribution is -2.50. The lowest BCUT2D eigenvalue weighted by atomic mass is 10.1. The summed E-state index contributed by atoms with van der Waals surface area (Å²) in [6.07, 6.45) is 5.29. The number of likely N-dealkylation sites (N-methyl/N-ethyl adjacent to an activating group) is 1. The molecule has 0 saturated carbocycles. The summed E-state index contributed by atoms with van der Waals surface area (Å²) in [4.78, 5) is 15.9. The Morgan fingerprint density at radius 2 is 2.13 bits per heavy atom. The van der Waals surface area contributed by atoms with Crippen LogP contribution in [-0.4, -0.2) is 55.1 Å². The number of carbonyl (C=O) groups is 1. The molecular weight excluding hydrogens is 190 g/mol. The van der Waals surface area contributed by atoms with Crippen molar-refractivity contribution in [3.05, 3.63) is 0 Å². The molecule has 2 rings (SSSR count). The van der Waals surface area contributed by atoms with Gasteiger partial charge in [0.05, 0.1) is 12.7 Å². The number of carbonyl (C=O) groups excluding carboxylic acids is 1. The topological polar surface area (TPSA) is 35.6 Å². The summed E-state index contributed by atoms with van der Waals surface area (Å²) in [6.45, 7) is 3.65. The summed E-state index contributed by atoms with van der Waals surface area (Å²) < 4.78 is 0. The summed E-state index contributed by atoms with van der Waals surface area (Å²) >= 11 is 0. The molecule has 0 aromatic rings. The van der Waals surface area contributed by atoms with Crippen molar-refractivity contribution in [1.29, 1.82) is 0 Å². The van der Waals surface area contributed by atoms with Crippen LogP contribution in [0.4, 0.5) is 0 Å². The highest BCUT2D eigenvalue weighted by molar-refractivity contribution is 5.78. The van der Waals surface area contributed by atoms with Crippen LogP contribution in [0.5, 0.6) is 0 Å². The minimum absolute atomic E-state index is 0.264. The monoisotopic (exact) mass is 211 g/mol. The highest BCUT2D eigenvalue weighted by Gasteiger charge is 2.25. The smallest absolute Gasteiger partial charge is 0.236 e. The Labute approximate surface area is 91.6 Å². The number of amides is 1. The highest BCUT2D eigenvalue weighted by Crippen LogP contribution is 2.13. The van der Waals surface area contributed by atoms with E-state index in [1.165, 1.54) is 19.3 Å². The first-order valence-corrected chi connectivity index (χ1v) is 5.99. The molecule has 0 aliphatic carbocycles. The number of hydrogen-bond donors (Lipinski definition) is 1. The molecule has 1 unspecified atom stereocenters. The third kappa shape index (κ3) is 2.69. The zero-order valence-corrected chi connectivity index (χ0v) is 9.54. The molecule has 4 heteroatoms. The largest absolute Gasteiger partial charge is 0.345 e. The highest BCUT2D eigenvalue weighted by atomic mass is 16.2. The van der Waals surface area contributed by atoms with Crippen LogP contribution in [-0.2, 0) is 4.79 Å². The summed E-state index contributed by atoms with van der Waals surface area (Å²) in [6, 6.07) is 0. The molecule has 2 aliphatic heterocycles. The quantitative estimate of drug-likeness (QED) is 0.675. The second kappa shape index (κ2) is 4.94. The molecule has 86 valence electrons. The van der Waals surface area contributed by atoms with Gasteiger partial charge in [-0.2, -0.15) is 0 Å². The fourth-order valence-corrected chi connectivity index (χ4v) is 2.42. The first-order chi connectivity index (χ1) is 7.27. The molecule has 2 heterocycles. The first kappa shape index (κ1) is 10.9. The molecular formula is C11H21N3O. The molecule has 1 amide bonds. The standard InChI is InChI=1S/C11H21N3O/c1-13-7-4-8-14(9-11(13)15)10-5-2-3-6-12-10/h10,12H,2-9H2,1H3. The summed E-state index contributed by atoms with van der Waals surface area (Å²) in [7, 11) is 1.90. The van der Waals surface area contributed by atoms with Gasteiger partial charge in [0.2, 0.25) is 5.91 Å². The Bertz CT molecular complexity index is 226. The Morgan fingerprint density at radius 1 is 1.27 bits per heavy atom. The fourth-order valence-electron chi connectivity index (χ4n) is 2.42. The van der Waals surface area contributed by atoms with E-state index < -0.39 is 0 Å². The summed E-state index contributed by atoms with van der Waals surface area (Å²) in [5, 5.41) is 3.51. The molecule has 15 heavy (non-hydrogen) atoms. The maximum absolute atomic E-state index is 11.7. The van der Waals surface area contributed by atoms with Crippen LogP contribution in [0.1, 0.15) is 25.7 Å². The van der Waals surface area contributed by atoms with Crippen molar-refractivity contribution in [1.82, 2.24) is 15.1 Å². The first-order valence-electron chi connectivity index (χ1n) is 5.99. The van der Waals surface area contributed by atoms with E-state index in [1.807, 2.05) is 11.9 Å². The SMILES string of the molecule is CN1CCCN(C2CCCCN2)CC1=O. The predicted octanol–water partition coefficient (Wildman–Crippen LogP) is 0.250. The number of hydrogen-bond acceptors (Lipinski definition) is 3.